The van der Waals surface area contributed by atoms with Crippen LogP contribution >= 0.6 is 23.2 Å². The number of pyridine rings is 1. The fourth-order valence-electron chi connectivity index (χ4n) is 2.28. The molecule has 3 nitrogen and oxygen atoms in total. The van der Waals surface area contributed by atoms with Crippen molar-refractivity contribution < 1.29 is 4.79 Å². The minimum atomic E-state index is -0.114. The maximum atomic E-state index is 12.5. The normalized spacial score (nSPS) is 20.6. The molecule has 1 amide bonds. The van der Waals surface area contributed by atoms with Gasteiger partial charge in [-0.2, -0.15) is 0 Å². The molecule has 2 rings (SSSR count). The molecule has 1 fully saturated rings. The number of likely N-dealkylation sites (tertiary alicyclic amines) is 1. The van der Waals surface area contributed by atoms with Gasteiger partial charge in [0.25, 0.3) is 5.91 Å². The summed E-state index contributed by atoms with van der Waals surface area (Å²) >= 11 is 11.9. The van der Waals surface area contributed by atoms with Crippen LogP contribution in [0.3, 0.4) is 0 Å². The fourth-order valence-corrected chi connectivity index (χ4v) is 2.61. The summed E-state index contributed by atoms with van der Waals surface area (Å²) < 4.78 is 0. The van der Waals surface area contributed by atoms with Crippen LogP contribution in [0.5, 0.6) is 0 Å². The number of halogens is 2. The highest BCUT2D eigenvalue weighted by molar-refractivity contribution is 6.34. The highest BCUT2D eigenvalue weighted by Crippen LogP contribution is 2.23. The van der Waals surface area contributed by atoms with Gasteiger partial charge < -0.3 is 4.90 Å². The Morgan fingerprint density at radius 2 is 2.11 bits per heavy atom. The number of nitrogens with zero attached hydrogens (tertiary/aromatic N) is 2. The van der Waals surface area contributed by atoms with Crippen LogP contribution in [-0.2, 0) is 0 Å². The molecule has 1 atom stereocenters. The summed E-state index contributed by atoms with van der Waals surface area (Å²) in [6.45, 7) is 2.84. The zero-order chi connectivity index (χ0) is 13.1. The smallest absolute Gasteiger partial charge is 0.274 e. The first-order valence-electron chi connectivity index (χ1n) is 6.22. The van der Waals surface area contributed by atoms with Gasteiger partial charge >= 0.3 is 0 Å². The predicted octanol–water partition coefficient (Wildman–Crippen LogP) is 3.79. The molecule has 0 N–H and O–H groups in total. The largest absolute Gasteiger partial charge is 0.335 e. The van der Waals surface area contributed by atoms with E-state index < -0.39 is 0 Å². The monoisotopic (exact) mass is 286 g/mol. The molecule has 0 saturated carbocycles. The van der Waals surface area contributed by atoms with Gasteiger partial charge in [-0.3, -0.25) is 4.79 Å². The van der Waals surface area contributed by atoms with E-state index in [1.54, 1.807) is 12.1 Å². The van der Waals surface area contributed by atoms with Gasteiger partial charge in [0.2, 0.25) is 0 Å². The SMILES string of the molecule is CC1CCCCCN1C(=O)c1nc(Cl)ccc1Cl. The van der Waals surface area contributed by atoms with Crippen molar-refractivity contribution in [3.8, 4) is 0 Å². The molecule has 0 radical (unpaired) electrons. The summed E-state index contributed by atoms with van der Waals surface area (Å²) in [5.74, 6) is -0.114. The summed E-state index contributed by atoms with van der Waals surface area (Å²) in [7, 11) is 0. The zero-order valence-electron chi connectivity index (χ0n) is 10.3. The zero-order valence-corrected chi connectivity index (χ0v) is 11.8. The van der Waals surface area contributed by atoms with Crippen LogP contribution in [-0.4, -0.2) is 28.4 Å². The molecule has 1 unspecified atom stereocenters. The van der Waals surface area contributed by atoms with Crippen LogP contribution in [0.2, 0.25) is 10.2 Å². The van der Waals surface area contributed by atoms with Crippen molar-refractivity contribution in [1.82, 2.24) is 9.88 Å². The number of hydrogen-bond acceptors (Lipinski definition) is 2. The van der Waals surface area contributed by atoms with E-state index in [-0.39, 0.29) is 17.6 Å². The van der Waals surface area contributed by atoms with Gasteiger partial charge in [-0.15, -0.1) is 0 Å². The first-order valence-corrected chi connectivity index (χ1v) is 6.98. The van der Waals surface area contributed by atoms with Crippen LogP contribution in [0.4, 0.5) is 0 Å². The molecule has 18 heavy (non-hydrogen) atoms. The summed E-state index contributed by atoms with van der Waals surface area (Å²) in [5, 5.41) is 0.658. The first kappa shape index (κ1) is 13.6. The Labute approximate surface area is 117 Å². The third kappa shape index (κ3) is 2.96. The van der Waals surface area contributed by atoms with Gasteiger partial charge in [0.15, 0.2) is 0 Å². The van der Waals surface area contributed by atoms with E-state index in [9.17, 15) is 4.79 Å². The van der Waals surface area contributed by atoms with Gasteiger partial charge in [0.05, 0.1) is 5.02 Å². The quantitative estimate of drug-likeness (QED) is 0.736. The molecule has 0 bridgehead atoms. The van der Waals surface area contributed by atoms with E-state index in [1.165, 1.54) is 12.8 Å². The summed E-state index contributed by atoms with van der Waals surface area (Å²) in [5.41, 5.74) is 0.262. The lowest BCUT2D eigenvalue weighted by Crippen LogP contribution is -2.38. The molecule has 0 aromatic carbocycles. The maximum Gasteiger partial charge on any atom is 0.274 e. The van der Waals surface area contributed by atoms with Crippen molar-refractivity contribution in [3.05, 3.63) is 28.0 Å². The third-order valence-electron chi connectivity index (χ3n) is 3.33. The lowest BCUT2D eigenvalue weighted by molar-refractivity contribution is 0.0692. The number of carbonyl (C=O) groups is 1. The average molecular weight is 287 g/mol. The van der Waals surface area contributed by atoms with Crippen LogP contribution in [0.15, 0.2) is 12.1 Å². The molecule has 1 aromatic rings. The molecular weight excluding hydrogens is 271 g/mol. The predicted molar refractivity (Wildman–Crippen MR) is 73.2 cm³/mol. The van der Waals surface area contributed by atoms with Gasteiger partial charge in [0.1, 0.15) is 10.8 Å². The molecule has 0 spiro atoms. The van der Waals surface area contributed by atoms with E-state index in [2.05, 4.69) is 11.9 Å². The van der Waals surface area contributed by atoms with Crippen LogP contribution in [0, 0.1) is 0 Å². The third-order valence-corrected chi connectivity index (χ3v) is 3.84. The Hall–Kier alpha value is -0.800. The van der Waals surface area contributed by atoms with Crippen LogP contribution in [0.1, 0.15) is 43.1 Å². The number of amides is 1. The van der Waals surface area contributed by atoms with Crippen LogP contribution in [0.25, 0.3) is 0 Å². The molecule has 1 saturated heterocycles. The van der Waals surface area contributed by atoms with Crippen molar-refractivity contribution in [3.63, 3.8) is 0 Å². The Bertz CT molecular complexity index is 451. The molecular formula is C13H16Cl2N2O. The molecule has 0 aliphatic carbocycles. The highest BCUT2D eigenvalue weighted by Gasteiger charge is 2.25. The molecule has 1 aliphatic rings. The van der Waals surface area contributed by atoms with Crippen molar-refractivity contribution in [1.29, 1.82) is 0 Å². The summed E-state index contributed by atoms with van der Waals surface area (Å²) in [6.07, 6.45) is 4.41. The number of aromatic nitrogens is 1. The molecule has 1 aliphatic heterocycles. The first-order chi connectivity index (χ1) is 8.59. The summed E-state index contributed by atoms with van der Waals surface area (Å²) in [6, 6.07) is 3.44. The minimum Gasteiger partial charge on any atom is -0.335 e. The topological polar surface area (TPSA) is 33.2 Å². The van der Waals surface area contributed by atoms with Crippen molar-refractivity contribution in [2.45, 2.75) is 38.6 Å². The second-order valence-corrected chi connectivity index (χ2v) is 5.46. The Morgan fingerprint density at radius 3 is 2.89 bits per heavy atom. The molecule has 98 valence electrons. The van der Waals surface area contributed by atoms with E-state index in [0.717, 1.165) is 19.4 Å². The number of carbonyl (C=O) groups excluding carboxylic acids is 1. The Morgan fingerprint density at radius 1 is 1.33 bits per heavy atom. The molecule has 1 aromatic heterocycles. The standard InChI is InChI=1S/C13H16Cl2N2O/c1-9-5-3-2-4-8-17(9)13(18)12-10(14)6-7-11(15)16-12/h6-7,9H,2-5,8H2,1H3. The van der Waals surface area contributed by atoms with Gasteiger partial charge in [-0.05, 0) is 31.9 Å². The van der Waals surface area contributed by atoms with E-state index in [4.69, 9.17) is 23.2 Å². The van der Waals surface area contributed by atoms with E-state index in [0.29, 0.717) is 10.2 Å². The highest BCUT2D eigenvalue weighted by atomic mass is 35.5. The second-order valence-electron chi connectivity index (χ2n) is 4.66. The van der Waals surface area contributed by atoms with E-state index >= 15 is 0 Å². The lowest BCUT2D eigenvalue weighted by atomic mass is 10.1. The van der Waals surface area contributed by atoms with Gasteiger partial charge in [0, 0.05) is 12.6 Å². The summed E-state index contributed by atoms with van der Waals surface area (Å²) in [4.78, 5) is 18.4. The van der Waals surface area contributed by atoms with Crippen LogP contribution < -0.4 is 0 Å². The lowest BCUT2D eigenvalue weighted by Gasteiger charge is -2.27. The fraction of sp³-hybridized carbons (Fsp3) is 0.538. The van der Waals surface area contributed by atoms with Gasteiger partial charge in [-0.1, -0.05) is 36.0 Å². The van der Waals surface area contributed by atoms with Gasteiger partial charge in [-0.25, -0.2) is 4.98 Å². The minimum absolute atomic E-state index is 0.114. The molecule has 2 heterocycles. The average Bonchev–Trinajstić information content (AvgIpc) is 2.56. The van der Waals surface area contributed by atoms with Crippen molar-refractivity contribution >= 4 is 29.1 Å². The van der Waals surface area contributed by atoms with Crippen molar-refractivity contribution in [2.75, 3.05) is 6.54 Å². The Balaban J connectivity index is 2.26. The van der Waals surface area contributed by atoms with E-state index in [1.807, 2.05) is 4.90 Å². The maximum absolute atomic E-state index is 12.5. The number of hydrogen-bond donors (Lipinski definition) is 0. The second kappa shape index (κ2) is 5.89. The number of rotatable bonds is 1. The Kier molecular flexibility index (Phi) is 4.46. The molecule has 5 heteroatoms. The van der Waals surface area contributed by atoms with Crippen molar-refractivity contribution in [2.24, 2.45) is 0 Å².